The minimum Gasteiger partial charge on any atom is -0.307 e. The van der Waals surface area contributed by atoms with Crippen LogP contribution in [0.15, 0.2) is 164 Å². The molecule has 3 fully saturated rings. The highest BCUT2D eigenvalue weighted by Gasteiger charge is 2.51. The number of hydrogen-bond acceptors (Lipinski definition) is 9. The Morgan fingerprint density at radius 1 is 0.370 bits per heavy atom. The summed E-state index contributed by atoms with van der Waals surface area (Å²) in [5, 5.41) is 3.59. The predicted molar refractivity (Wildman–Crippen MR) is 420 cm³/mol. The Bertz CT molecular complexity index is 4990. The molecule has 3 aromatic heterocycles. The monoisotopic (exact) mass is 1640 g/mol. The smallest absolute Gasteiger partial charge is 0.258 e. The minimum atomic E-state index is -0.596. The van der Waals surface area contributed by atoms with Crippen molar-refractivity contribution in [3.05, 3.63) is 295 Å². The van der Waals surface area contributed by atoms with Gasteiger partial charge >= 0.3 is 0 Å². The van der Waals surface area contributed by atoms with E-state index in [9.17, 15) is 40.7 Å². The fraction of sp³-hybridized carbons (Fsp3) is 0.259. The molecular formula is C81H66Cl9F6N9O3. The molecule has 12 nitrogen and oxygen atoms in total. The number of pyridine rings is 3. The molecule has 15 rings (SSSR count). The normalized spacial score (nSPS) is 17.2. The van der Waals surface area contributed by atoms with Crippen LogP contribution in [0, 0.1) is 34.9 Å². The molecular weight excluding hydrogens is 1580 g/mol. The summed E-state index contributed by atoms with van der Waals surface area (Å²) in [5.41, 5.74) is 6.68. The Morgan fingerprint density at radius 3 is 1.15 bits per heavy atom. The van der Waals surface area contributed by atoms with Crippen molar-refractivity contribution >= 4 is 157 Å². The second-order valence-electron chi connectivity index (χ2n) is 27.5. The molecule has 3 amide bonds. The van der Waals surface area contributed by atoms with Crippen molar-refractivity contribution in [3.63, 3.8) is 0 Å². The summed E-state index contributed by atoms with van der Waals surface area (Å²) in [6, 6.07) is 31.0. The molecule has 6 aliphatic heterocycles. The number of carbonyl (C=O) groups excluding carboxylic acids is 3. The van der Waals surface area contributed by atoms with Gasteiger partial charge < -0.3 is 14.7 Å². The summed E-state index contributed by atoms with van der Waals surface area (Å²) in [7, 11) is 0. The maximum atomic E-state index is 13.9. The first-order valence-electron chi connectivity index (χ1n) is 34.6. The van der Waals surface area contributed by atoms with Gasteiger partial charge in [-0.1, -0.05) is 141 Å². The molecule has 0 radical (unpaired) electrons. The van der Waals surface area contributed by atoms with Crippen LogP contribution in [-0.4, -0.2) is 126 Å². The van der Waals surface area contributed by atoms with Crippen molar-refractivity contribution < 1.29 is 40.7 Å². The largest absolute Gasteiger partial charge is 0.307 e. The Morgan fingerprint density at radius 2 is 0.741 bits per heavy atom. The number of fused-ring (bicyclic) bond motifs is 6. The summed E-state index contributed by atoms with van der Waals surface area (Å²) in [5.74, 6) is -4.04. The van der Waals surface area contributed by atoms with Gasteiger partial charge in [0.05, 0.1) is 25.8 Å². The van der Waals surface area contributed by atoms with Gasteiger partial charge in [0.15, 0.2) is 0 Å². The standard InChI is InChI=1S/3C27H22Cl3F2N3O/c28-19-13-21(29)25-23(14-19)35(26(36)18-5-8-33-24(30)12-18)16-27(25)6-10-34(11-7-27)9-1-2-17-3-4-20(31)15-22(17)32;28-21-14-20-24(15-22(21)29)35(26(36)18-5-8-33-25(30)12-18)16-27(20)6-10-34(11-7-27)9-1-2-17-3-4-19(31)13-23(17)32;28-20-5-6-22-24(25(20)30)27(16-35(22)26(36)18-7-10-33-23(29)14-18)8-12-34(13-9-27)11-1-2-17-3-4-19(31)15-21(17)32/h2*1-5,8,12-15H,6-7,9-11,16H2;1-7,10,14-15H,8-9,11-13,16H2/b3*2-1+. The SMILES string of the molecule is O=C(c1ccnc(Cl)c1)N1CC2(CCN(C/C=C/c3ccc(F)cc3F)CC2)c2c(Cl)cc(Cl)cc21.O=C(c1ccnc(Cl)c1)N1CC2(CCN(C/C=C/c3ccc(F)cc3F)CC2)c2c1ccc(Cl)c2Cl.O=C(c1ccnc(Cl)c1)N1CC2(CCN(C/C=C/c3ccc(F)cc3F)CC2)c2cc(Cl)c(Cl)cc21. The van der Waals surface area contributed by atoms with E-state index in [2.05, 4.69) is 29.7 Å². The number of nitrogens with zero attached hydrogens (tertiary/aromatic N) is 9. The quantitative estimate of drug-likeness (QED) is 0.0872. The summed E-state index contributed by atoms with van der Waals surface area (Å²) < 4.78 is 81.1. The minimum absolute atomic E-state index is 0.164. The van der Waals surface area contributed by atoms with E-state index in [1.807, 2.05) is 30.4 Å². The third kappa shape index (κ3) is 17.2. The molecule has 9 aromatic rings. The molecule has 0 N–H and O–H groups in total. The summed E-state index contributed by atoms with van der Waals surface area (Å²) in [6.45, 7) is 8.06. The van der Waals surface area contributed by atoms with Crippen molar-refractivity contribution in [2.45, 2.75) is 54.8 Å². The third-order valence-electron chi connectivity index (χ3n) is 21.0. The molecule has 0 aliphatic carbocycles. The molecule has 0 atom stereocenters. The summed E-state index contributed by atoms with van der Waals surface area (Å²) in [4.78, 5) is 64.4. The van der Waals surface area contributed by atoms with Gasteiger partial charge in [0, 0.05) is 158 Å². The lowest BCUT2D eigenvalue weighted by molar-refractivity contribution is 0.0970. The Hall–Kier alpha value is -7.53. The van der Waals surface area contributed by atoms with E-state index in [0.717, 1.165) is 130 Å². The van der Waals surface area contributed by atoms with Gasteiger partial charge in [0.2, 0.25) is 0 Å². The molecule has 6 aromatic carbocycles. The van der Waals surface area contributed by atoms with E-state index in [1.165, 1.54) is 55.0 Å². The second-order valence-corrected chi connectivity index (χ2v) is 31.1. The predicted octanol–water partition coefficient (Wildman–Crippen LogP) is 21.1. The van der Waals surface area contributed by atoms with Crippen LogP contribution < -0.4 is 14.7 Å². The van der Waals surface area contributed by atoms with Gasteiger partial charge in [-0.05, 0) is 193 Å². The molecule has 0 bridgehead atoms. The summed E-state index contributed by atoms with van der Waals surface area (Å²) in [6.07, 6.45) is 20.0. The van der Waals surface area contributed by atoms with Crippen LogP contribution in [0.4, 0.5) is 43.4 Å². The van der Waals surface area contributed by atoms with Gasteiger partial charge in [-0.25, -0.2) is 41.3 Å². The average Bonchev–Trinajstić information content (AvgIpc) is 1.59. The van der Waals surface area contributed by atoms with Gasteiger partial charge in [-0.3, -0.25) is 29.1 Å². The third-order valence-corrected chi connectivity index (χ3v) is 23.7. The number of hydrogen-bond donors (Lipinski definition) is 0. The van der Waals surface area contributed by atoms with Gasteiger partial charge in [0.1, 0.15) is 50.4 Å². The molecule has 558 valence electrons. The molecule has 27 heteroatoms. The lowest BCUT2D eigenvalue weighted by atomic mass is 9.74. The van der Waals surface area contributed by atoms with Gasteiger partial charge in [-0.15, -0.1) is 0 Å². The maximum absolute atomic E-state index is 13.9. The van der Waals surface area contributed by atoms with Crippen LogP contribution in [0.25, 0.3) is 18.2 Å². The van der Waals surface area contributed by atoms with Crippen LogP contribution >= 0.6 is 104 Å². The number of rotatable bonds is 12. The van der Waals surface area contributed by atoms with Crippen LogP contribution in [0.2, 0.25) is 45.6 Å². The molecule has 3 spiro atoms. The number of halogens is 15. The number of likely N-dealkylation sites (tertiary alicyclic amines) is 3. The number of carbonyl (C=O) groups is 3. The van der Waals surface area contributed by atoms with Crippen LogP contribution in [0.3, 0.4) is 0 Å². The van der Waals surface area contributed by atoms with E-state index >= 15 is 0 Å². The van der Waals surface area contributed by atoms with Gasteiger partial charge in [0.25, 0.3) is 17.7 Å². The van der Waals surface area contributed by atoms with E-state index in [0.29, 0.717) is 103 Å². The van der Waals surface area contributed by atoms with Crippen molar-refractivity contribution in [2.24, 2.45) is 0 Å². The van der Waals surface area contributed by atoms with E-state index in [1.54, 1.807) is 93.6 Å². The van der Waals surface area contributed by atoms with E-state index in [4.69, 9.17) is 104 Å². The van der Waals surface area contributed by atoms with Crippen LogP contribution in [-0.2, 0) is 16.2 Å². The first kappa shape index (κ1) is 78.6. The molecule has 0 unspecified atom stereocenters. The zero-order valence-corrected chi connectivity index (χ0v) is 64.3. The van der Waals surface area contributed by atoms with Crippen molar-refractivity contribution in [3.8, 4) is 0 Å². The molecule has 6 aliphatic rings. The number of benzene rings is 6. The Labute approximate surface area is 665 Å². The van der Waals surface area contributed by atoms with Crippen molar-refractivity contribution in [1.29, 1.82) is 0 Å². The first-order valence-corrected chi connectivity index (χ1v) is 38.0. The highest BCUT2D eigenvalue weighted by molar-refractivity contribution is 6.43. The molecule has 108 heavy (non-hydrogen) atoms. The molecule has 0 saturated carbocycles. The Kier molecular flexibility index (Phi) is 24.4. The van der Waals surface area contributed by atoms with E-state index in [-0.39, 0.29) is 49.4 Å². The van der Waals surface area contributed by atoms with Gasteiger partial charge in [-0.2, -0.15) is 0 Å². The first-order chi connectivity index (χ1) is 51.8. The molecule has 9 heterocycles. The number of amides is 3. The number of aromatic nitrogens is 3. The lowest BCUT2D eigenvalue weighted by Crippen LogP contribution is -2.46. The maximum Gasteiger partial charge on any atom is 0.258 e. The topological polar surface area (TPSA) is 109 Å². The fourth-order valence-corrected chi connectivity index (χ4v) is 17.5. The van der Waals surface area contributed by atoms with Crippen molar-refractivity contribution in [2.75, 3.05) is 93.2 Å². The van der Waals surface area contributed by atoms with Crippen molar-refractivity contribution in [1.82, 2.24) is 29.7 Å². The van der Waals surface area contributed by atoms with E-state index < -0.39 is 34.9 Å². The lowest BCUT2D eigenvalue weighted by Gasteiger charge is -2.40. The van der Waals surface area contributed by atoms with Crippen LogP contribution in [0.5, 0.6) is 0 Å². The van der Waals surface area contributed by atoms with Crippen LogP contribution in [0.1, 0.15) is 103 Å². The highest BCUT2D eigenvalue weighted by Crippen LogP contribution is 2.55. The zero-order valence-electron chi connectivity index (χ0n) is 57.5. The fourth-order valence-electron chi connectivity index (χ4n) is 15.4. The number of piperidine rings is 3. The summed E-state index contributed by atoms with van der Waals surface area (Å²) >= 11 is 57.0. The Balaban J connectivity index is 0.000000143. The zero-order chi connectivity index (χ0) is 76.3. The highest BCUT2D eigenvalue weighted by atomic mass is 35.5. The molecule has 3 saturated heterocycles. The number of anilines is 3. The second kappa shape index (κ2) is 33.6. The average molecular weight is 1650 g/mol.